The van der Waals surface area contributed by atoms with E-state index < -0.39 is 0 Å². The predicted molar refractivity (Wildman–Crippen MR) is 100 cm³/mol. The lowest BCUT2D eigenvalue weighted by molar-refractivity contribution is 0.657. The molecule has 0 radical (unpaired) electrons. The van der Waals surface area contributed by atoms with Crippen LogP contribution in [0.15, 0.2) is 64.4 Å². The van der Waals surface area contributed by atoms with Gasteiger partial charge in [-0.05, 0) is 23.3 Å². The lowest BCUT2D eigenvalue weighted by Crippen LogP contribution is -2.37. The molecular formula is C20H19N3O2. The third kappa shape index (κ3) is 2.39. The number of benzene rings is 2. The molecule has 0 atom stereocenters. The Morgan fingerprint density at radius 3 is 2.48 bits per heavy atom. The number of hydrogen-bond acceptors (Lipinski definition) is 2. The Bertz CT molecular complexity index is 1210. The maximum Gasteiger partial charge on any atom is 0.331 e. The molecule has 0 aliphatic carbocycles. The Hall–Kier alpha value is -3.08. The molecule has 4 aromatic rings. The molecule has 0 bridgehead atoms. The Morgan fingerprint density at radius 1 is 0.920 bits per heavy atom. The lowest BCUT2D eigenvalue weighted by Gasteiger charge is -2.07. The molecule has 0 saturated heterocycles. The molecule has 0 spiro atoms. The summed E-state index contributed by atoms with van der Waals surface area (Å²) >= 11 is 0. The van der Waals surface area contributed by atoms with Gasteiger partial charge >= 0.3 is 5.69 Å². The minimum absolute atomic E-state index is 0.249. The van der Waals surface area contributed by atoms with Crippen molar-refractivity contribution >= 4 is 21.7 Å². The highest BCUT2D eigenvalue weighted by atomic mass is 16.2. The summed E-state index contributed by atoms with van der Waals surface area (Å²) in [6.45, 7) is 3.09. The standard InChI is InChI=1S/C20H19N3O2/c1-3-23-18-13-22(12-17(18)19(24)21(2)20(23)25)11-15-9-6-8-14-7-4-5-10-16(14)15/h4-10,12-13H,3,11H2,1-2H3. The fourth-order valence-corrected chi connectivity index (χ4v) is 3.45. The summed E-state index contributed by atoms with van der Waals surface area (Å²) in [6.07, 6.45) is 3.73. The van der Waals surface area contributed by atoms with Gasteiger partial charge in [0.05, 0.1) is 10.9 Å². The first-order chi connectivity index (χ1) is 12.1. The Labute approximate surface area is 144 Å². The maximum atomic E-state index is 12.4. The molecule has 0 saturated carbocycles. The largest absolute Gasteiger partial charge is 0.347 e. The third-order valence-electron chi connectivity index (χ3n) is 4.75. The van der Waals surface area contributed by atoms with Gasteiger partial charge < -0.3 is 4.57 Å². The second-order valence-electron chi connectivity index (χ2n) is 6.26. The van der Waals surface area contributed by atoms with E-state index in [0.29, 0.717) is 24.0 Å². The van der Waals surface area contributed by atoms with Crippen molar-refractivity contribution < 1.29 is 0 Å². The molecule has 2 aromatic carbocycles. The molecule has 5 nitrogen and oxygen atoms in total. The molecule has 4 rings (SSSR count). The smallest absolute Gasteiger partial charge is 0.331 e. The summed E-state index contributed by atoms with van der Waals surface area (Å²) in [7, 11) is 1.53. The summed E-state index contributed by atoms with van der Waals surface area (Å²) in [4.78, 5) is 24.7. The van der Waals surface area contributed by atoms with Crippen LogP contribution in [0, 0.1) is 0 Å². The van der Waals surface area contributed by atoms with Crippen molar-refractivity contribution in [2.75, 3.05) is 0 Å². The second-order valence-corrected chi connectivity index (χ2v) is 6.26. The van der Waals surface area contributed by atoms with E-state index >= 15 is 0 Å². The fraction of sp³-hybridized carbons (Fsp3) is 0.200. The molecular weight excluding hydrogens is 314 g/mol. The zero-order valence-corrected chi connectivity index (χ0v) is 14.3. The van der Waals surface area contributed by atoms with Crippen LogP contribution in [-0.4, -0.2) is 13.7 Å². The first-order valence-electron chi connectivity index (χ1n) is 8.36. The van der Waals surface area contributed by atoms with Crippen LogP contribution >= 0.6 is 0 Å². The van der Waals surface area contributed by atoms with Gasteiger partial charge in [-0.3, -0.25) is 13.9 Å². The van der Waals surface area contributed by atoms with E-state index in [1.54, 1.807) is 4.57 Å². The van der Waals surface area contributed by atoms with Gasteiger partial charge in [0.25, 0.3) is 5.56 Å². The van der Waals surface area contributed by atoms with E-state index in [9.17, 15) is 9.59 Å². The van der Waals surface area contributed by atoms with Crippen LogP contribution in [0.25, 0.3) is 21.7 Å². The SMILES string of the molecule is CCn1c(=O)n(C)c(=O)c2cn(Cc3cccc4ccccc34)cc21. The maximum absolute atomic E-state index is 12.4. The summed E-state index contributed by atoms with van der Waals surface area (Å²) < 4.78 is 4.80. The van der Waals surface area contributed by atoms with Gasteiger partial charge in [-0.25, -0.2) is 4.79 Å². The van der Waals surface area contributed by atoms with Gasteiger partial charge in [0.15, 0.2) is 0 Å². The van der Waals surface area contributed by atoms with E-state index in [1.165, 1.54) is 28.0 Å². The van der Waals surface area contributed by atoms with Crippen molar-refractivity contribution in [3.05, 3.63) is 81.3 Å². The molecule has 0 N–H and O–H groups in total. The van der Waals surface area contributed by atoms with E-state index in [-0.39, 0.29) is 11.2 Å². The minimum atomic E-state index is -0.275. The summed E-state index contributed by atoms with van der Waals surface area (Å²) in [5, 5.41) is 2.96. The highest BCUT2D eigenvalue weighted by Crippen LogP contribution is 2.20. The number of hydrogen-bond donors (Lipinski definition) is 0. The van der Waals surface area contributed by atoms with Crippen molar-refractivity contribution in [2.45, 2.75) is 20.0 Å². The molecule has 2 heterocycles. The van der Waals surface area contributed by atoms with Gasteiger partial charge in [0, 0.05) is 32.5 Å². The molecule has 126 valence electrons. The summed E-state index contributed by atoms with van der Waals surface area (Å²) in [5.41, 5.74) is 1.35. The van der Waals surface area contributed by atoms with Gasteiger partial charge in [-0.2, -0.15) is 0 Å². The summed E-state index contributed by atoms with van der Waals surface area (Å²) in [6, 6.07) is 14.5. The molecule has 0 aliphatic rings. The van der Waals surface area contributed by atoms with Crippen molar-refractivity contribution in [3.8, 4) is 0 Å². The Balaban J connectivity index is 1.89. The van der Waals surface area contributed by atoms with Crippen molar-refractivity contribution in [1.82, 2.24) is 13.7 Å². The van der Waals surface area contributed by atoms with E-state index in [1.807, 2.05) is 42.1 Å². The molecule has 25 heavy (non-hydrogen) atoms. The molecule has 0 fully saturated rings. The average molecular weight is 333 g/mol. The van der Waals surface area contributed by atoms with Crippen LogP contribution in [0.1, 0.15) is 12.5 Å². The fourth-order valence-electron chi connectivity index (χ4n) is 3.45. The zero-order valence-electron chi connectivity index (χ0n) is 14.3. The number of nitrogens with zero attached hydrogens (tertiary/aromatic N) is 3. The van der Waals surface area contributed by atoms with Crippen LogP contribution in [0.4, 0.5) is 0 Å². The molecule has 0 aliphatic heterocycles. The van der Waals surface area contributed by atoms with E-state index in [0.717, 1.165) is 0 Å². The topological polar surface area (TPSA) is 48.9 Å². The number of aryl methyl sites for hydroxylation is 1. The second kappa shape index (κ2) is 5.77. The van der Waals surface area contributed by atoms with Gasteiger partial charge in [0.1, 0.15) is 0 Å². The molecule has 0 unspecified atom stereocenters. The van der Waals surface area contributed by atoms with Crippen molar-refractivity contribution in [1.29, 1.82) is 0 Å². The average Bonchev–Trinajstić information content (AvgIpc) is 3.04. The van der Waals surface area contributed by atoms with Crippen LogP contribution in [0.3, 0.4) is 0 Å². The molecule has 5 heteroatoms. The van der Waals surface area contributed by atoms with E-state index in [2.05, 4.69) is 24.3 Å². The van der Waals surface area contributed by atoms with Crippen LogP contribution < -0.4 is 11.2 Å². The highest BCUT2D eigenvalue weighted by molar-refractivity contribution is 5.85. The number of fused-ring (bicyclic) bond motifs is 2. The normalized spacial score (nSPS) is 11.4. The van der Waals surface area contributed by atoms with Crippen molar-refractivity contribution in [2.24, 2.45) is 7.05 Å². The molecule has 2 aromatic heterocycles. The number of rotatable bonds is 3. The monoisotopic (exact) mass is 333 g/mol. The van der Waals surface area contributed by atoms with Crippen molar-refractivity contribution in [3.63, 3.8) is 0 Å². The van der Waals surface area contributed by atoms with Crippen LogP contribution in [-0.2, 0) is 20.1 Å². The lowest BCUT2D eigenvalue weighted by atomic mass is 10.0. The van der Waals surface area contributed by atoms with Gasteiger partial charge in [-0.15, -0.1) is 0 Å². The number of aromatic nitrogens is 3. The molecule has 0 amide bonds. The first kappa shape index (κ1) is 15.4. The first-order valence-corrected chi connectivity index (χ1v) is 8.36. The van der Waals surface area contributed by atoms with Crippen LogP contribution in [0.2, 0.25) is 0 Å². The zero-order chi connectivity index (χ0) is 17.6. The Morgan fingerprint density at radius 2 is 1.68 bits per heavy atom. The summed E-state index contributed by atoms with van der Waals surface area (Å²) in [5.74, 6) is 0. The van der Waals surface area contributed by atoms with Gasteiger partial charge in [-0.1, -0.05) is 42.5 Å². The predicted octanol–water partition coefficient (Wildman–Crippen LogP) is 2.72. The quantitative estimate of drug-likeness (QED) is 0.579. The minimum Gasteiger partial charge on any atom is -0.347 e. The highest BCUT2D eigenvalue weighted by Gasteiger charge is 2.12. The van der Waals surface area contributed by atoms with E-state index in [4.69, 9.17) is 0 Å². The Kier molecular flexibility index (Phi) is 3.57. The van der Waals surface area contributed by atoms with Crippen LogP contribution in [0.5, 0.6) is 0 Å². The third-order valence-corrected chi connectivity index (χ3v) is 4.75. The van der Waals surface area contributed by atoms with Gasteiger partial charge in [0.2, 0.25) is 0 Å².